The van der Waals surface area contributed by atoms with Gasteiger partial charge in [-0.3, -0.25) is 9.13 Å². The Balaban J connectivity index is 1.96. The summed E-state index contributed by atoms with van der Waals surface area (Å²) >= 11 is 0. The minimum absolute atomic E-state index is 0.0639. The molecule has 1 saturated heterocycles. The van der Waals surface area contributed by atoms with E-state index in [1.165, 1.54) is 9.13 Å². The second-order valence-electron chi connectivity index (χ2n) is 7.33. The molecular formula is C20H20F2N6O. The van der Waals surface area contributed by atoms with Crippen LogP contribution < -0.4 is 16.3 Å². The van der Waals surface area contributed by atoms with Crippen LogP contribution in [-0.2, 0) is 13.6 Å². The fraction of sp³-hybridized carbons (Fsp3) is 0.350. The maximum absolute atomic E-state index is 14.3. The number of piperidine rings is 1. The van der Waals surface area contributed by atoms with Gasteiger partial charge in [-0.15, -0.1) is 0 Å². The maximum Gasteiger partial charge on any atom is 0.331 e. The number of hydrogen-bond donors (Lipinski definition) is 1. The Morgan fingerprint density at radius 2 is 2.14 bits per heavy atom. The van der Waals surface area contributed by atoms with E-state index in [-0.39, 0.29) is 23.8 Å². The number of aromatic nitrogens is 3. The van der Waals surface area contributed by atoms with E-state index in [1.807, 2.05) is 11.0 Å². The van der Waals surface area contributed by atoms with E-state index < -0.39 is 17.3 Å². The zero-order valence-electron chi connectivity index (χ0n) is 15.9. The Labute approximate surface area is 165 Å². The van der Waals surface area contributed by atoms with Crippen LogP contribution in [0.5, 0.6) is 0 Å². The zero-order valence-corrected chi connectivity index (χ0v) is 15.9. The number of anilines is 1. The van der Waals surface area contributed by atoms with Crippen molar-refractivity contribution < 1.29 is 8.78 Å². The van der Waals surface area contributed by atoms with Gasteiger partial charge in [-0.2, -0.15) is 5.26 Å². The molecule has 4 rings (SSSR count). The van der Waals surface area contributed by atoms with Crippen molar-refractivity contribution in [3.8, 4) is 17.5 Å². The van der Waals surface area contributed by atoms with E-state index in [1.54, 1.807) is 13.1 Å². The monoisotopic (exact) mass is 398 g/mol. The summed E-state index contributed by atoms with van der Waals surface area (Å²) in [4.78, 5) is 19.4. The molecule has 0 aliphatic carbocycles. The topological polar surface area (TPSA) is 92.9 Å². The predicted octanol–water partition coefficient (Wildman–Crippen LogP) is 1.81. The van der Waals surface area contributed by atoms with Gasteiger partial charge in [-0.25, -0.2) is 18.6 Å². The minimum atomic E-state index is -0.597. The van der Waals surface area contributed by atoms with Crippen molar-refractivity contribution >= 4 is 5.82 Å². The minimum Gasteiger partial charge on any atom is -0.356 e. The highest BCUT2D eigenvalue weighted by atomic mass is 19.1. The molecule has 7 nitrogen and oxygen atoms in total. The smallest absolute Gasteiger partial charge is 0.331 e. The van der Waals surface area contributed by atoms with Gasteiger partial charge < -0.3 is 10.6 Å². The summed E-state index contributed by atoms with van der Waals surface area (Å²) in [6.07, 6.45) is 1.71. The molecule has 2 N–H and O–H groups in total. The molecule has 1 aromatic rings. The first-order chi connectivity index (χ1) is 13.9. The van der Waals surface area contributed by atoms with E-state index >= 15 is 0 Å². The lowest BCUT2D eigenvalue weighted by Crippen LogP contribution is -2.46. The molecule has 0 unspecified atom stereocenters. The molecule has 3 aliphatic rings. The van der Waals surface area contributed by atoms with Crippen molar-refractivity contribution in [2.75, 3.05) is 18.0 Å². The predicted molar refractivity (Wildman–Crippen MR) is 104 cm³/mol. The molecule has 1 fully saturated rings. The molecule has 9 heteroatoms. The molecule has 0 saturated carbocycles. The molecule has 29 heavy (non-hydrogen) atoms. The summed E-state index contributed by atoms with van der Waals surface area (Å²) in [5.41, 5.74) is 6.57. The maximum atomic E-state index is 14.3. The number of fused-ring (bicyclic) bond motifs is 1. The molecule has 150 valence electrons. The Hall–Kier alpha value is -3.25. The van der Waals surface area contributed by atoms with E-state index in [0.717, 1.165) is 31.0 Å². The van der Waals surface area contributed by atoms with Crippen LogP contribution in [0, 0.1) is 23.0 Å². The van der Waals surface area contributed by atoms with Gasteiger partial charge in [0, 0.05) is 31.7 Å². The molecule has 1 aromatic carbocycles. The SMILES string of the molecule is Cn1c2nc(C#N)cc-2c(N2CCC[C@@H](N)C2)n(Cc2cc(F)ccc2F)c1=O. The van der Waals surface area contributed by atoms with Gasteiger partial charge in [-0.05, 0) is 37.1 Å². The highest BCUT2D eigenvalue weighted by Gasteiger charge is 2.28. The quantitative estimate of drug-likeness (QED) is 0.726. The normalized spacial score (nSPS) is 16.9. The van der Waals surface area contributed by atoms with E-state index in [4.69, 9.17) is 5.73 Å². The summed E-state index contributed by atoms with van der Waals surface area (Å²) in [5.74, 6) is -0.281. The fourth-order valence-corrected chi connectivity index (χ4v) is 3.91. The standard InChI is InChI=1S/C20H20F2N6O/c1-26-18-16(8-15(9-23)25-18)19(27-6-2-3-14(24)11-27)28(20(26)29)10-12-7-13(21)4-5-17(12)22/h4-5,7-8,14H,2-3,6,10-11,24H2,1H3/t14-/m1/s1. The molecular weight excluding hydrogens is 378 g/mol. The number of nitrogens with two attached hydrogens (primary N) is 1. The third-order valence-electron chi connectivity index (χ3n) is 5.29. The Bertz CT molecular complexity index is 1150. The Morgan fingerprint density at radius 3 is 2.86 bits per heavy atom. The summed E-state index contributed by atoms with van der Waals surface area (Å²) in [6.45, 7) is 1.02. The Kier molecular flexibility index (Phi) is 4.80. The van der Waals surface area contributed by atoms with Crippen LogP contribution in [0.2, 0.25) is 0 Å². The van der Waals surface area contributed by atoms with E-state index in [0.29, 0.717) is 30.3 Å². The van der Waals surface area contributed by atoms with Gasteiger partial charge in [0.1, 0.15) is 35.0 Å². The van der Waals surface area contributed by atoms with E-state index in [2.05, 4.69) is 4.98 Å². The highest BCUT2D eigenvalue weighted by molar-refractivity contribution is 5.75. The van der Waals surface area contributed by atoms with Crippen LogP contribution in [-0.4, -0.2) is 33.2 Å². The molecule has 0 spiro atoms. The van der Waals surface area contributed by atoms with Crippen LogP contribution in [0.1, 0.15) is 24.1 Å². The van der Waals surface area contributed by atoms with Gasteiger partial charge in [0.2, 0.25) is 0 Å². The second-order valence-corrected chi connectivity index (χ2v) is 7.33. The van der Waals surface area contributed by atoms with Gasteiger partial charge in [0.05, 0.1) is 12.1 Å². The van der Waals surface area contributed by atoms with Crippen LogP contribution in [0.4, 0.5) is 14.6 Å². The first-order valence-electron chi connectivity index (χ1n) is 9.34. The number of rotatable bonds is 3. The van der Waals surface area contributed by atoms with Crippen molar-refractivity contribution in [2.45, 2.75) is 25.4 Å². The number of nitrogens with zero attached hydrogens (tertiary/aromatic N) is 5. The van der Waals surface area contributed by atoms with Crippen LogP contribution in [0.15, 0.2) is 29.1 Å². The molecule has 1 atom stereocenters. The van der Waals surface area contributed by atoms with Crippen LogP contribution in [0.25, 0.3) is 11.4 Å². The van der Waals surface area contributed by atoms with Gasteiger partial charge in [0.25, 0.3) is 0 Å². The van der Waals surface area contributed by atoms with Crippen molar-refractivity contribution in [2.24, 2.45) is 12.8 Å². The summed E-state index contributed by atoms with van der Waals surface area (Å²) < 4.78 is 30.7. The number of hydrogen-bond acceptors (Lipinski definition) is 5. The molecule has 3 aliphatic heterocycles. The average molecular weight is 398 g/mol. The first kappa shape index (κ1) is 19.1. The fourth-order valence-electron chi connectivity index (χ4n) is 3.91. The van der Waals surface area contributed by atoms with Crippen molar-refractivity contribution in [1.82, 2.24) is 14.1 Å². The molecule has 0 radical (unpaired) electrons. The lowest BCUT2D eigenvalue weighted by atomic mass is 10.1. The summed E-state index contributed by atoms with van der Waals surface area (Å²) in [7, 11) is 1.54. The molecule has 0 aromatic heterocycles. The molecule has 0 amide bonds. The third-order valence-corrected chi connectivity index (χ3v) is 5.29. The van der Waals surface area contributed by atoms with E-state index in [9.17, 15) is 18.8 Å². The summed E-state index contributed by atoms with van der Waals surface area (Å²) in [5, 5.41) is 9.28. The molecule has 0 bridgehead atoms. The number of benzene rings is 1. The number of halogens is 2. The zero-order chi connectivity index (χ0) is 20.7. The van der Waals surface area contributed by atoms with Gasteiger partial charge in [0.15, 0.2) is 0 Å². The highest BCUT2D eigenvalue weighted by Crippen LogP contribution is 2.33. The average Bonchev–Trinajstić information content (AvgIpc) is 3.13. The van der Waals surface area contributed by atoms with Crippen molar-refractivity contribution in [1.29, 1.82) is 5.26 Å². The number of nitriles is 1. The Morgan fingerprint density at radius 1 is 1.34 bits per heavy atom. The van der Waals surface area contributed by atoms with Gasteiger partial charge >= 0.3 is 5.69 Å². The largest absolute Gasteiger partial charge is 0.356 e. The summed E-state index contributed by atoms with van der Waals surface area (Å²) in [6, 6.07) is 6.71. The lowest BCUT2D eigenvalue weighted by Gasteiger charge is -2.35. The van der Waals surface area contributed by atoms with Crippen molar-refractivity contribution in [3.05, 3.63) is 57.6 Å². The lowest BCUT2D eigenvalue weighted by molar-refractivity contribution is 0.491. The van der Waals surface area contributed by atoms with Crippen LogP contribution in [0.3, 0.4) is 0 Å². The third kappa shape index (κ3) is 3.36. The van der Waals surface area contributed by atoms with Crippen LogP contribution >= 0.6 is 0 Å². The first-order valence-corrected chi connectivity index (χ1v) is 9.34. The van der Waals surface area contributed by atoms with Gasteiger partial charge in [-0.1, -0.05) is 0 Å². The second kappa shape index (κ2) is 7.29. The van der Waals surface area contributed by atoms with Crippen molar-refractivity contribution in [3.63, 3.8) is 0 Å². The molecule has 3 heterocycles.